The maximum absolute atomic E-state index is 12.3. The van der Waals surface area contributed by atoms with E-state index in [1.165, 1.54) is 4.68 Å². The van der Waals surface area contributed by atoms with Gasteiger partial charge in [0.15, 0.2) is 0 Å². The Morgan fingerprint density at radius 2 is 1.87 bits per heavy atom. The second-order valence-electron chi connectivity index (χ2n) is 4.87. The molecule has 5 nitrogen and oxygen atoms in total. The largest absolute Gasteiger partial charge is 0.472 e. The average Bonchev–Trinajstić information content (AvgIpc) is 2.98. The zero-order valence-electron chi connectivity index (χ0n) is 12.5. The monoisotopic (exact) mass is 308 g/mol. The van der Waals surface area contributed by atoms with E-state index in [1.807, 2.05) is 48.5 Å². The van der Waals surface area contributed by atoms with Crippen LogP contribution in [0.15, 0.2) is 67.3 Å². The number of rotatable bonds is 5. The lowest BCUT2D eigenvalue weighted by molar-refractivity contribution is 0.138. The van der Waals surface area contributed by atoms with Crippen molar-refractivity contribution in [2.75, 3.05) is 6.61 Å². The maximum atomic E-state index is 12.3. The fourth-order valence-corrected chi connectivity index (χ4v) is 2.20. The van der Waals surface area contributed by atoms with Gasteiger partial charge in [-0.1, -0.05) is 55.1 Å². The van der Waals surface area contributed by atoms with Gasteiger partial charge < -0.3 is 9.47 Å². The van der Waals surface area contributed by atoms with Crippen LogP contribution in [0.4, 0.5) is 4.79 Å². The predicted molar refractivity (Wildman–Crippen MR) is 87.5 cm³/mol. The van der Waals surface area contributed by atoms with Gasteiger partial charge in [0.25, 0.3) is 0 Å². The van der Waals surface area contributed by atoms with Gasteiger partial charge in [-0.15, -0.1) is 5.10 Å². The van der Waals surface area contributed by atoms with E-state index in [4.69, 9.17) is 9.47 Å². The molecule has 0 fully saturated rings. The Morgan fingerprint density at radius 3 is 2.65 bits per heavy atom. The van der Waals surface area contributed by atoms with Gasteiger partial charge in [-0.2, -0.15) is 4.68 Å². The lowest BCUT2D eigenvalue weighted by Crippen LogP contribution is -2.15. The molecule has 0 spiro atoms. The summed E-state index contributed by atoms with van der Waals surface area (Å²) in [5, 5.41) is 4.97. The lowest BCUT2D eigenvalue weighted by Gasteiger charge is -2.05. The third kappa shape index (κ3) is 3.23. The molecular formula is C18H16N2O3. The first-order chi connectivity index (χ1) is 11.3. The highest BCUT2D eigenvalue weighted by Gasteiger charge is 2.17. The zero-order chi connectivity index (χ0) is 16.1. The highest BCUT2D eigenvalue weighted by Crippen LogP contribution is 2.25. The smallest absolute Gasteiger partial charge is 0.435 e. The van der Waals surface area contributed by atoms with E-state index in [0.717, 1.165) is 10.9 Å². The minimum absolute atomic E-state index is 0.191. The van der Waals surface area contributed by atoms with Crippen molar-refractivity contribution < 1.29 is 14.3 Å². The van der Waals surface area contributed by atoms with Gasteiger partial charge in [0.05, 0.1) is 10.9 Å². The molecule has 0 aliphatic rings. The Labute approximate surface area is 133 Å². The standard InChI is InChI=1S/C18H16N2O3/c1-2-12-22-17-15-10-6-7-11-16(15)20(19-17)18(21)23-13-14-8-4-3-5-9-14/h2-11H,1,12-13H2. The van der Waals surface area contributed by atoms with Crippen molar-refractivity contribution in [3.63, 3.8) is 0 Å². The zero-order valence-corrected chi connectivity index (χ0v) is 12.5. The van der Waals surface area contributed by atoms with Crippen LogP contribution in [0.25, 0.3) is 10.9 Å². The average molecular weight is 308 g/mol. The fraction of sp³-hybridized carbons (Fsp3) is 0.111. The van der Waals surface area contributed by atoms with Crippen LogP contribution in [0.5, 0.6) is 5.88 Å². The Balaban J connectivity index is 1.83. The van der Waals surface area contributed by atoms with Gasteiger partial charge in [0.2, 0.25) is 5.88 Å². The van der Waals surface area contributed by atoms with E-state index in [2.05, 4.69) is 11.7 Å². The van der Waals surface area contributed by atoms with Gasteiger partial charge in [-0.3, -0.25) is 0 Å². The topological polar surface area (TPSA) is 53.4 Å². The summed E-state index contributed by atoms with van der Waals surface area (Å²) in [5.74, 6) is 0.386. The number of carbonyl (C=O) groups is 1. The summed E-state index contributed by atoms with van der Waals surface area (Å²) in [6, 6.07) is 16.8. The van der Waals surface area contributed by atoms with Crippen molar-refractivity contribution in [1.29, 1.82) is 0 Å². The third-order valence-electron chi connectivity index (χ3n) is 3.27. The third-order valence-corrected chi connectivity index (χ3v) is 3.27. The minimum Gasteiger partial charge on any atom is -0.472 e. The highest BCUT2D eigenvalue weighted by molar-refractivity contribution is 5.91. The second kappa shape index (κ2) is 6.79. The van der Waals surface area contributed by atoms with Crippen molar-refractivity contribution in [3.05, 3.63) is 72.8 Å². The summed E-state index contributed by atoms with van der Waals surface area (Å²) in [6.07, 6.45) is 1.08. The summed E-state index contributed by atoms with van der Waals surface area (Å²) >= 11 is 0. The van der Waals surface area contributed by atoms with Crippen molar-refractivity contribution in [2.45, 2.75) is 6.61 Å². The lowest BCUT2D eigenvalue weighted by atomic mass is 10.2. The molecule has 0 atom stereocenters. The molecule has 1 aromatic heterocycles. The molecule has 0 radical (unpaired) electrons. The molecule has 0 N–H and O–H groups in total. The molecule has 3 aromatic rings. The SMILES string of the molecule is C=CCOc1nn(C(=O)OCc2ccccc2)c2ccccc12. The number of para-hydroxylation sites is 1. The molecule has 0 unspecified atom stereocenters. The molecular weight excluding hydrogens is 292 g/mol. The minimum atomic E-state index is -0.543. The molecule has 0 aliphatic carbocycles. The van der Waals surface area contributed by atoms with Crippen LogP contribution in [0.1, 0.15) is 5.56 Å². The summed E-state index contributed by atoms with van der Waals surface area (Å²) in [6.45, 7) is 4.12. The van der Waals surface area contributed by atoms with E-state index in [0.29, 0.717) is 18.0 Å². The normalized spacial score (nSPS) is 10.4. The van der Waals surface area contributed by atoms with Crippen molar-refractivity contribution in [3.8, 4) is 5.88 Å². The van der Waals surface area contributed by atoms with Crippen molar-refractivity contribution in [2.24, 2.45) is 0 Å². The molecule has 0 amide bonds. The van der Waals surface area contributed by atoms with E-state index in [1.54, 1.807) is 12.1 Å². The fourth-order valence-electron chi connectivity index (χ4n) is 2.20. The van der Waals surface area contributed by atoms with Crippen molar-refractivity contribution >= 4 is 17.0 Å². The molecule has 1 heterocycles. The molecule has 0 saturated heterocycles. The van der Waals surface area contributed by atoms with Gasteiger partial charge in [0, 0.05) is 0 Å². The number of benzene rings is 2. The Hall–Kier alpha value is -3.08. The first-order valence-electron chi connectivity index (χ1n) is 7.22. The van der Waals surface area contributed by atoms with Gasteiger partial charge >= 0.3 is 6.09 Å². The summed E-state index contributed by atoms with van der Waals surface area (Å²) in [7, 11) is 0. The van der Waals surface area contributed by atoms with Crippen LogP contribution >= 0.6 is 0 Å². The highest BCUT2D eigenvalue weighted by atomic mass is 16.6. The van der Waals surface area contributed by atoms with Crippen LogP contribution in [0.3, 0.4) is 0 Å². The quantitative estimate of drug-likeness (QED) is 0.673. The molecule has 0 bridgehead atoms. The van der Waals surface area contributed by atoms with Crippen LogP contribution < -0.4 is 4.74 Å². The molecule has 0 saturated carbocycles. The van der Waals surface area contributed by atoms with Gasteiger partial charge in [-0.25, -0.2) is 4.79 Å². The molecule has 116 valence electrons. The Morgan fingerprint density at radius 1 is 1.13 bits per heavy atom. The van der Waals surface area contributed by atoms with E-state index in [9.17, 15) is 4.79 Å². The molecule has 2 aromatic carbocycles. The van der Waals surface area contributed by atoms with Crippen LogP contribution in [-0.4, -0.2) is 22.5 Å². The van der Waals surface area contributed by atoms with Crippen LogP contribution in [-0.2, 0) is 11.3 Å². The number of fused-ring (bicyclic) bond motifs is 1. The number of carbonyl (C=O) groups excluding carboxylic acids is 1. The number of ether oxygens (including phenoxy) is 2. The predicted octanol–water partition coefficient (Wildman–Crippen LogP) is 3.79. The van der Waals surface area contributed by atoms with E-state index >= 15 is 0 Å². The summed E-state index contributed by atoms with van der Waals surface area (Å²) in [4.78, 5) is 12.3. The van der Waals surface area contributed by atoms with E-state index in [-0.39, 0.29) is 6.61 Å². The van der Waals surface area contributed by atoms with Gasteiger partial charge in [-0.05, 0) is 17.7 Å². The van der Waals surface area contributed by atoms with Crippen molar-refractivity contribution in [1.82, 2.24) is 9.78 Å². The van der Waals surface area contributed by atoms with E-state index < -0.39 is 6.09 Å². The molecule has 0 aliphatic heterocycles. The summed E-state index contributed by atoms with van der Waals surface area (Å²) < 4.78 is 12.0. The maximum Gasteiger partial charge on any atom is 0.435 e. The van der Waals surface area contributed by atoms with Gasteiger partial charge in [0.1, 0.15) is 13.2 Å². The first-order valence-corrected chi connectivity index (χ1v) is 7.22. The molecule has 5 heteroatoms. The second-order valence-corrected chi connectivity index (χ2v) is 4.87. The Bertz CT molecular complexity index is 825. The number of hydrogen-bond donors (Lipinski definition) is 0. The number of aromatic nitrogens is 2. The Kier molecular flexibility index (Phi) is 4.38. The summed E-state index contributed by atoms with van der Waals surface area (Å²) in [5.41, 5.74) is 1.56. The molecule has 3 rings (SSSR count). The molecule has 23 heavy (non-hydrogen) atoms. The van der Waals surface area contributed by atoms with Crippen LogP contribution in [0, 0.1) is 0 Å². The number of hydrogen-bond acceptors (Lipinski definition) is 4. The first kappa shape index (κ1) is 14.8. The number of nitrogens with zero attached hydrogens (tertiary/aromatic N) is 2. The van der Waals surface area contributed by atoms with Crippen LogP contribution in [0.2, 0.25) is 0 Å².